The molecule has 6 aromatic heterocycles. The number of sulfonamides is 1. The Morgan fingerprint density at radius 1 is 0.410 bits per heavy atom. The first-order valence-electron chi connectivity index (χ1n) is 31.9. The molecule has 3 amide bonds. The van der Waals surface area contributed by atoms with Gasteiger partial charge in [-0.1, -0.05) is 217 Å². The van der Waals surface area contributed by atoms with Crippen molar-refractivity contribution in [2.24, 2.45) is 0 Å². The van der Waals surface area contributed by atoms with Crippen molar-refractivity contribution in [3.05, 3.63) is 197 Å². The number of likely N-dealkylation sites (N-methyl/N-ethyl adjacent to an activating group) is 2. The molecule has 0 aliphatic carbocycles. The SMILES string of the molecule is CN(C)CCN(C)C(=O)Cn1nc(-c2ccccc2)c2c(Cl)c(-c3ccccc3)nnc21.CS(=O)(=O)N1CCN(C(=O)Cn2nc(-c3ccccc3)c3c(Cl)c(-c4ccccc4)nnc32)CC1.O=C(Cn1nc(-c2ccccc2)c2c(Cl)c(-c3ccccc3)nnc21)N1CCS(=O)(=O)CC1. The minimum Gasteiger partial charge on any atom is -0.343 e. The van der Waals surface area contributed by atoms with Gasteiger partial charge in [-0.2, -0.15) is 19.6 Å². The molecule has 100 heavy (non-hydrogen) atoms. The molecule has 512 valence electrons. The lowest BCUT2D eigenvalue weighted by Crippen LogP contribution is -2.51. The molecule has 2 aliphatic heterocycles. The first-order valence-corrected chi connectivity index (χ1v) is 36.7. The van der Waals surface area contributed by atoms with E-state index in [1.54, 1.807) is 26.4 Å². The van der Waals surface area contributed by atoms with Crippen LogP contribution < -0.4 is 0 Å². The minimum atomic E-state index is -3.28. The van der Waals surface area contributed by atoms with Gasteiger partial charge < -0.3 is 19.6 Å². The first kappa shape index (κ1) is 70.0. The molecular formula is C71H68Cl3N17O7S2. The van der Waals surface area contributed by atoms with Gasteiger partial charge in [-0.05, 0) is 14.1 Å². The van der Waals surface area contributed by atoms with Crippen molar-refractivity contribution in [2.45, 2.75) is 19.6 Å². The molecule has 2 aliphatic rings. The third-order valence-corrected chi connectivity index (χ3v) is 21.0. The number of piperazine rings is 1. The predicted molar refractivity (Wildman–Crippen MR) is 388 cm³/mol. The summed E-state index contributed by atoms with van der Waals surface area (Å²) in [7, 11) is -0.606. The Labute approximate surface area is 592 Å². The lowest BCUT2D eigenvalue weighted by atomic mass is 10.1. The van der Waals surface area contributed by atoms with Crippen molar-refractivity contribution in [1.29, 1.82) is 0 Å². The Balaban J connectivity index is 0.000000142. The van der Waals surface area contributed by atoms with E-state index in [0.29, 0.717) is 102 Å². The van der Waals surface area contributed by atoms with E-state index in [4.69, 9.17) is 45.0 Å². The van der Waals surface area contributed by atoms with E-state index in [1.807, 2.05) is 201 Å². The summed E-state index contributed by atoms with van der Waals surface area (Å²) in [6.07, 6.45) is 1.18. The fourth-order valence-electron chi connectivity index (χ4n) is 11.5. The van der Waals surface area contributed by atoms with E-state index >= 15 is 0 Å². The molecule has 2 saturated heterocycles. The monoisotopic (exact) mass is 1440 g/mol. The van der Waals surface area contributed by atoms with Crippen LogP contribution in [0.2, 0.25) is 15.1 Å². The summed E-state index contributed by atoms with van der Waals surface area (Å²) in [5, 5.41) is 43.7. The molecule has 0 saturated carbocycles. The van der Waals surface area contributed by atoms with Crippen molar-refractivity contribution in [1.82, 2.24) is 83.8 Å². The van der Waals surface area contributed by atoms with E-state index < -0.39 is 19.9 Å². The lowest BCUT2D eigenvalue weighted by molar-refractivity contribution is -0.133. The van der Waals surface area contributed by atoms with Crippen LogP contribution in [0.5, 0.6) is 0 Å². The molecule has 0 spiro atoms. The van der Waals surface area contributed by atoms with Crippen LogP contribution in [0, 0.1) is 0 Å². The average molecular weight is 1440 g/mol. The molecule has 12 aromatic rings. The number of hydrogen-bond donors (Lipinski definition) is 0. The van der Waals surface area contributed by atoms with E-state index in [2.05, 4.69) is 35.7 Å². The molecule has 0 unspecified atom stereocenters. The van der Waals surface area contributed by atoms with Gasteiger partial charge in [0.1, 0.15) is 53.8 Å². The molecule has 0 radical (unpaired) electrons. The maximum absolute atomic E-state index is 13.1. The molecule has 0 atom stereocenters. The highest BCUT2D eigenvalue weighted by Crippen LogP contribution is 2.41. The number of amides is 3. The highest BCUT2D eigenvalue weighted by atomic mass is 35.5. The number of sulfone groups is 1. The fraction of sp³-hybridized carbons (Fsp3) is 0.239. The quantitative estimate of drug-likeness (QED) is 0.0870. The highest BCUT2D eigenvalue weighted by molar-refractivity contribution is 7.91. The standard InChI is InChI=1S/C24H23ClN6O3S.C24H25ClN6O.C23H20ClN5O3S/c1-35(33,34)30-14-12-29(13-15-30)19(32)16-31-24-20(22(28-31)17-8-4-2-5-9-17)21(25)23(26-27-24)18-10-6-3-7-11-18;1-29(2)14-15-30(3)19(32)16-31-24-20(22(28-31)17-10-6-4-7-11-17)21(25)23(26-27-24)18-12-8-5-9-13-18;24-20-19-21(16-7-3-1-4-8-16)27-29(15-18(30)28-11-13-33(31,32)14-12-28)23(19)26-25-22(20)17-9-5-2-6-10-17/h2-11H,12-16H2,1H3;4-13H,14-16H2,1-3H3;1-10H,11-15H2. The third kappa shape index (κ3) is 15.7. The van der Waals surface area contributed by atoms with Crippen molar-refractivity contribution in [3.8, 4) is 67.5 Å². The van der Waals surface area contributed by atoms with Gasteiger partial charge in [0.05, 0.1) is 49.0 Å². The van der Waals surface area contributed by atoms with Crippen LogP contribution in [0.1, 0.15) is 0 Å². The summed E-state index contributed by atoms with van der Waals surface area (Å²) in [6.45, 7) is 2.86. The largest absolute Gasteiger partial charge is 0.343 e. The summed E-state index contributed by atoms with van der Waals surface area (Å²) >= 11 is 20.6. The average Bonchev–Trinajstić information content (AvgIpc) is 1.60. The number of carbonyl (C=O) groups is 3. The van der Waals surface area contributed by atoms with Gasteiger partial charge in [0, 0.05) is 92.8 Å². The zero-order valence-corrected chi connectivity index (χ0v) is 58.8. The van der Waals surface area contributed by atoms with Crippen molar-refractivity contribution < 1.29 is 31.2 Å². The Kier molecular flexibility index (Phi) is 21.5. The number of aromatic nitrogens is 12. The van der Waals surface area contributed by atoms with Crippen molar-refractivity contribution in [2.75, 3.05) is 91.3 Å². The van der Waals surface area contributed by atoms with Crippen LogP contribution in [0.4, 0.5) is 0 Å². The number of halogens is 3. The maximum atomic E-state index is 13.1. The number of carbonyl (C=O) groups excluding carboxylic acids is 3. The van der Waals surface area contributed by atoms with E-state index in [9.17, 15) is 31.2 Å². The van der Waals surface area contributed by atoms with Gasteiger partial charge >= 0.3 is 0 Å². The Bertz CT molecular complexity index is 5160. The van der Waals surface area contributed by atoms with Crippen molar-refractivity contribution in [3.63, 3.8) is 0 Å². The number of nitrogens with zero attached hydrogens (tertiary/aromatic N) is 17. The Morgan fingerprint density at radius 3 is 1.00 bits per heavy atom. The number of rotatable bonds is 16. The second kappa shape index (κ2) is 30.7. The first-order chi connectivity index (χ1) is 48.2. The maximum Gasteiger partial charge on any atom is 0.244 e. The van der Waals surface area contributed by atoms with Crippen LogP contribution in [-0.2, 0) is 53.9 Å². The van der Waals surface area contributed by atoms with Crippen molar-refractivity contribution >= 4 is 105 Å². The molecule has 8 heterocycles. The van der Waals surface area contributed by atoms with Crippen LogP contribution >= 0.6 is 34.8 Å². The zero-order valence-electron chi connectivity index (χ0n) is 54.9. The summed E-state index contributed by atoms with van der Waals surface area (Å²) < 4.78 is 53.0. The molecular weight excluding hydrogens is 1370 g/mol. The Morgan fingerprint density at radius 2 is 0.700 bits per heavy atom. The van der Waals surface area contributed by atoms with Gasteiger partial charge in [-0.15, -0.1) is 30.6 Å². The lowest BCUT2D eigenvalue weighted by Gasteiger charge is -2.33. The molecule has 0 N–H and O–H groups in total. The summed E-state index contributed by atoms with van der Waals surface area (Å²) in [4.78, 5) is 45.8. The summed E-state index contributed by atoms with van der Waals surface area (Å²) in [6, 6.07) is 57.7. The van der Waals surface area contributed by atoms with Crippen LogP contribution in [-0.4, -0.2) is 210 Å². The van der Waals surface area contributed by atoms with Crippen LogP contribution in [0.3, 0.4) is 0 Å². The minimum absolute atomic E-state index is 0.0278. The van der Waals surface area contributed by atoms with Gasteiger partial charge in [0.2, 0.25) is 27.7 Å². The van der Waals surface area contributed by atoms with Gasteiger partial charge in [0.25, 0.3) is 0 Å². The normalized spacial score (nSPS) is 14.0. The number of hydrogen-bond acceptors (Lipinski definition) is 17. The zero-order chi connectivity index (χ0) is 70.2. The fourth-order valence-corrected chi connectivity index (χ4v) is 14.5. The number of benzene rings is 6. The second-order valence-electron chi connectivity index (χ2n) is 24.1. The van der Waals surface area contributed by atoms with E-state index in [-0.39, 0.29) is 75.0 Å². The molecule has 24 nitrogen and oxygen atoms in total. The predicted octanol–water partition coefficient (Wildman–Crippen LogP) is 9.82. The Hall–Kier alpha value is -9.93. The molecule has 6 aromatic carbocycles. The molecule has 2 fully saturated rings. The van der Waals surface area contributed by atoms with Crippen LogP contribution in [0.25, 0.3) is 101 Å². The topological polar surface area (TPSA) is 266 Å². The van der Waals surface area contributed by atoms with Gasteiger partial charge in [0.15, 0.2) is 26.8 Å². The summed E-state index contributed by atoms with van der Waals surface area (Å²) in [5.41, 5.74) is 10.00. The second-order valence-corrected chi connectivity index (χ2v) is 29.5. The highest BCUT2D eigenvalue weighted by Gasteiger charge is 2.31. The molecule has 29 heteroatoms. The number of fused-ring (bicyclic) bond motifs is 3. The third-order valence-electron chi connectivity index (χ3n) is 17.0. The van der Waals surface area contributed by atoms with Crippen LogP contribution in [0.15, 0.2) is 182 Å². The van der Waals surface area contributed by atoms with E-state index in [0.717, 1.165) is 39.9 Å². The summed E-state index contributed by atoms with van der Waals surface area (Å²) in [5.74, 6) is -0.507. The van der Waals surface area contributed by atoms with Gasteiger partial charge in [-0.25, -0.2) is 30.9 Å². The smallest absolute Gasteiger partial charge is 0.244 e. The molecule has 0 bridgehead atoms. The van der Waals surface area contributed by atoms with E-state index in [1.165, 1.54) is 19.9 Å². The van der Waals surface area contributed by atoms with Gasteiger partial charge in [-0.3, -0.25) is 14.4 Å². The molecule has 14 rings (SSSR count).